The number of nitrogens with one attached hydrogen (secondary N) is 2. The van der Waals surface area contributed by atoms with E-state index < -0.39 is 0 Å². The molecule has 0 radical (unpaired) electrons. The van der Waals surface area contributed by atoms with E-state index in [0.717, 1.165) is 28.2 Å². The lowest BCUT2D eigenvalue weighted by molar-refractivity contribution is -0.127. The summed E-state index contributed by atoms with van der Waals surface area (Å²) in [6.07, 6.45) is 2.16. The molecule has 0 unspecified atom stereocenters. The van der Waals surface area contributed by atoms with E-state index in [0.29, 0.717) is 6.42 Å². The zero-order chi connectivity index (χ0) is 16.9. The summed E-state index contributed by atoms with van der Waals surface area (Å²) < 4.78 is 0. The number of aromatic amines is 1. The molecule has 2 aromatic carbocycles. The molecule has 3 rings (SSSR count). The third kappa shape index (κ3) is 3.81. The fraction of sp³-hybridized carbons (Fsp3) is 0.158. The van der Waals surface area contributed by atoms with Crippen LogP contribution in [0.3, 0.4) is 0 Å². The Kier molecular flexibility index (Phi) is 4.61. The second-order valence-electron chi connectivity index (χ2n) is 5.84. The van der Waals surface area contributed by atoms with Gasteiger partial charge >= 0.3 is 0 Å². The van der Waals surface area contributed by atoms with Crippen molar-refractivity contribution < 1.29 is 4.79 Å². The molecule has 0 aliphatic carbocycles. The first-order valence-corrected chi connectivity index (χ1v) is 7.78. The third-order valence-electron chi connectivity index (χ3n) is 3.77. The molecule has 0 atom stereocenters. The van der Waals surface area contributed by atoms with E-state index in [4.69, 9.17) is 0 Å². The van der Waals surface area contributed by atoms with Gasteiger partial charge < -0.3 is 10.2 Å². The van der Waals surface area contributed by atoms with E-state index in [2.05, 4.69) is 21.6 Å². The van der Waals surface area contributed by atoms with Crippen LogP contribution in [0.2, 0.25) is 0 Å². The summed E-state index contributed by atoms with van der Waals surface area (Å²) in [6, 6.07) is 18.0. The van der Waals surface area contributed by atoms with E-state index >= 15 is 0 Å². The van der Waals surface area contributed by atoms with Crippen LogP contribution in [-0.2, 0) is 11.2 Å². The number of anilines is 2. The molecule has 0 bridgehead atoms. The molecule has 1 heterocycles. The highest BCUT2D eigenvalue weighted by molar-refractivity contribution is 5.78. The number of carbonyl (C=O) groups is 1. The fourth-order valence-corrected chi connectivity index (χ4v) is 2.39. The number of hydrogen-bond acceptors (Lipinski definition) is 3. The third-order valence-corrected chi connectivity index (χ3v) is 3.77. The molecule has 0 saturated carbocycles. The minimum atomic E-state index is 0.1000. The molecular weight excluding hydrogens is 300 g/mol. The predicted octanol–water partition coefficient (Wildman–Crippen LogP) is 3.45. The first kappa shape index (κ1) is 15.8. The highest BCUT2D eigenvalue weighted by Crippen LogP contribution is 2.23. The van der Waals surface area contributed by atoms with E-state index in [9.17, 15) is 4.79 Å². The summed E-state index contributed by atoms with van der Waals surface area (Å²) in [6.45, 7) is 0. The fourth-order valence-electron chi connectivity index (χ4n) is 2.39. The monoisotopic (exact) mass is 320 g/mol. The lowest BCUT2D eigenvalue weighted by atomic mass is 10.1. The predicted molar refractivity (Wildman–Crippen MR) is 96.1 cm³/mol. The molecule has 2 N–H and O–H groups in total. The van der Waals surface area contributed by atoms with Gasteiger partial charge in [0, 0.05) is 37.2 Å². The van der Waals surface area contributed by atoms with Crippen molar-refractivity contribution in [2.75, 3.05) is 19.4 Å². The van der Waals surface area contributed by atoms with E-state index in [1.807, 2.05) is 48.5 Å². The first-order chi connectivity index (χ1) is 11.6. The number of benzene rings is 2. The van der Waals surface area contributed by atoms with Crippen LogP contribution in [-0.4, -0.2) is 35.1 Å². The summed E-state index contributed by atoms with van der Waals surface area (Å²) in [5, 5.41) is 10.3. The lowest BCUT2D eigenvalue weighted by Gasteiger charge is -2.11. The number of likely N-dealkylation sites (N-methyl/N-ethyl adjacent to an activating group) is 1. The maximum Gasteiger partial charge on any atom is 0.226 e. The second-order valence-corrected chi connectivity index (χ2v) is 5.84. The minimum Gasteiger partial charge on any atom is -0.356 e. The number of hydrogen-bond donors (Lipinski definition) is 2. The largest absolute Gasteiger partial charge is 0.356 e. The van der Waals surface area contributed by atoms with Crippen LogP contribution in [0.1, 0.15) is 5.56 Å². The van der Waals surface area contributed by atoms with Gasteiger partial charge in [0.1, 0.15) is 0 Å². The molecule has 0 aliphatic rings. The molecule has 0 aliphatic heterocycles. The van der Waals surface area contributed by atoms with Gasteiger partial charge in [0.2, 0.25) is 5.91 Å². The van der Waals surface area contributed by atoms with Crippen LogP contribution in [0.5, 0.6) is 0 Å². The molecule has 1 amide bonds. The number of nitrogens with zero attached hydrogens (tertiary/aromatic N) is 2. The highest BCUT2D eigenvalue weighted by atomic mass is 16.2. The average Bonchev–Trinajstić information content (AvgIpc) is 3.11. The Hall–Kier alpha value is -3.08. The number of aromatic nitrogens is 2. The van der Waals surface area contributed by atoms with Gasteiger partial charge in [-0.05, 0) is 35.9 Å². The van der Waals surface area contributed by atoms with E-state index in [1.54, 1.807) is 25.2 Å². The van der Waals surface area contributed by atoms with Crippen molar-refractivity contribution in [3.8, 4) is 11.3 Å². The maximum atomic E-state index is 11.7. The zero-order valence-corrected chi connectivity index (χ0v) is 13.8. The van der Waals surface area contributed by atoms with Crippen molar-refractivity contribution in [2.24, 2.45) is 0 Å². The van der Waals surface area contributed by atoms with Crippen molar-refractivity contribution in [1.29, 1.82) is 0 Å². The van der Waals surface area contributed by atoms with E-state index in [-0.39, 0.29) is 5.91 Å². The summed E-state index contributed by atoms with van der Waals surface area (Å²) >= 11 is 0. The highest BCUT2D eigenvalue weighted by Gasteiger charge is 2.06. The van der Waals surface area contributed by atoms with Crippen LogP contribution in [0.25, 0.3) is 11.3 Å². The molecule has 0 saturated heterocycles. The maximum absolute atomic E-state index is 11.7. The molecule has 122 valence electrons. The number of H-pyrrole nitrogens is 1. The Morgan fingerprint density at radius 2 is 1.88 bits per heavy atom. The van der Waals surface area contributed by atoms with Gasteiger partial charge in [-0.15, -0.1) is 0 Å². The van der Waals surface area contributed by atoms with E-state index in [1.165, 1.54) is 0 Å². The topological polar surface area (TPSA) is 61.0 Å². The Morgan fingerprint density at radius 1 is 1.08 bits per heavy atom. The van der Waals surface area contributed by atoms with Crippen LogP contribution in [0.4, 0.5) is 11.4 Å². The molecule has 5 nitrogen and oxygen atoms in total. The quantitative estimate of drug-likeness (QED) is 0.757. The molecule has 1 aromatic heterocycles. The normalized spacial score (nSPS) is 10.4. The van der Waals surface area contributed by atoms with Gasteiger partial charge in [0.05, 0.1) is 12.1 Å². The standard InChI is InChI=1S/C19H20N4O/c1-23(2)19(24)12-14-6-8-16(9-7-14)21-17-5-3-4-15(13-17)18-10-11-20-22-18/h3-11,13,21H,12H2,1-2H3,(H,20,22). The van der Waals surface area contributed by atoms with Crippen molar-refractivity contribution >= 4 is 17.3 Å². The van der Waals surface area contributed by atoms with Gasteiger partial charge in [-0.2, -0.15) is 5.10 Å². The molecule has 0 fully saturated rings. The molecular formula is C19H20N4O. The second kappa shape index (κ2) is 7.00. The molecule has 0 spiro atoms. The Labute approximate surface area is 141 Å². The van der Waals surface area contributed by atoms with Crippen LogP contribution >= 0.6 is 0 Å². The smallest absolute Gasteiger partial charge is 0.226 e. The Balaban J connectivity index is 1.70. The van der Waals surface area contributed by atoms with Crippen molar-refractivity contribution in [3.63, 3.8) is 0 Å². The first-order valence-electron chi connectivity index (χ1n) is 7.78. The van der Waals surface area contributed by atoms with Crippen LogP contribution in [0.15, 0.2) is 60.8 Å². The molecule has 5 heteroatoms. The van der Waals surface area contributed by atoms with Crippen LogP contribution in [0, 0.1) is 0 Å². The summed E-state index contributed by atoms with van der Waals surface area (Å²) in [4.78, 5) is 13.3. The van der Waals surface area contributed by atoms with Gasteiger partial charge in [-0.25, -0.2) is 0 Å². The summed E-state index contributed by atoms with van der Waals surface area (Å²) in [7, 11) is 3.54. The Bertz CT molecular complexity index is 808. The van der Waals surface area contributed by atoms with Crippen LogP contribution < -0.4 is 5.32 Å². The number of carbonyl (C=O) groups excluding carboxylic acids is 1. The minimum absolute atomic E-state index is 0.1000. The van der Waals surface area contributed by atoms with Crippen molar-refractivity contribution in [3.05, 3.63) is 66.4 Å². The Morgan fingerprint density at radius 3 is 2.54 bits per heavy atom. The number of rotatable bonds is 5. The van der Waals surface area contributed by atoms with Gasteiger partial charge in [0.15, 0.2) is 0 Å². The SMILES string of the molecule is CN(C)C(=O)Cc1ccc(Nc2cccc(-c3ccn[nH]3)c2)cc1. The van der Waals surface area contributed by atoms with Crippen molar-refractivity contribution in [1.82, 2.24) is 15.1 Å². The summed E-state index contributed by atoms with van der Waals surface area (Å²) in [5.41, 5.74) is 5.05. The van der Waals surface area contributed by atoms with Gasteiger partial charge in [-0.1, -0.05) is 24.3 Å². The summed E-state index contributed by atoms with van der Waals surface area (Å²) in [5.74, 6) is 0.1000. The molecule has 24 heavy (non-hydrogen) atoms. The zero-order valence-electron chi connectivity index (χ0n) is 13.8. The number of amides is 1. The lowest BCUT2D eigenvalue weighted by Crippen LogP contribution is -2.23. The average molecular weight is 320 g/mol. The van der Waals surface area contributed by atoms with Gasteiger partial charge in [-0.3, -0.25) is 9.89 Å². The van der Waals surface area contributed by atoms with Gasteiger partial charge in [0.25, 0.3) is 0 Å². The molecule has 3 aromatic rings. The van der Waals surface area contributed by atoms with Crippen molar-refractivity contribution in [2.45, 2.75) is 6.42 Å².